The Hall–Kier alpha value is -2.38. The van der Waals surface area contributed by atoms with Crippen LogP contribution in [0.3, 0.4) is 0 Å². The molecule has 3 aliphatic rings. The van der Waals surface area contributed by atoms with Gasteiger partial charge < -0.3 is 28.2 Å². The van der Waals surface area contributed by atoms with E-state index >= 15 is 0 Å². The number of hydrogen-bond acceptors (Lipinski definition) is 13. The van der Waals surface area contributed by atoms with E-state index in [1.165, 1.54) is 89.8 Å². The normalized spacial score (nSPS) is 22.7. The van der Waals surface area contributed by atoms with Crippen LogP contribution in [0.1, 0.15) is 150 Å². The van der Waals surface area contributed by atoms with Gasteiger partial charge in [0.2, 0.25) is 0 Å². The van der Waals surface area contributed by atoms with Gasteiger partial charge in [0.1, 0.15) is 30.7 Å². The average Bonchev–Trinajstić information content (AvgIpc) is 3.91. The number of aromatic nitrogens is 4. The molecule has 60 heavy (non-hydrogen) atoms. The molecular formula is C44H76N9O6P. The molecule has 5 rings (SSSR count). The maximum absolute atomic E-state index is 9.39. The summed E-state index contributed by atoms with van der Waals surface area (Å²) < 4.78 is 37.2. The lowest BCUT2D eigenvalue weighted by Crippen LogP contribution is -2.50. The minimum atomic E-state index is -1.60. The van der Waals surface area contributed by atoms with Gasteiger partial charge in [0, 0.05) is 52.0 Å². The Labute approximate surface area is 361 Å². The second kappa shape index (κ2) is 25.7. The van der Waals surface area contributed by atoms with Crippen molar-refractivity contribution < 1.29 is 28.1 Å². The fourth-order valence-electron chi connectivity index (χ4n) is 8.54. The molecule has 15 nitrogen and oxygen atoms in total. The first-order chi connectivity index (χ1) is 29.2. The molecular weight excluding hydrogens is 782 g/mol. The van der Waals surface area contributed by atoms with Gasteiger partial charge in [-0.3, -0.25) is 9.40 Å². The Morgan fingerprint density at radius 3 is 2.22 bits per heavy atom. The van der Waals surface area contributed by atoms with Gasteiger partial charge in [0.15, 0.2) is 23.2 Å². The standard InChI is InChI=1S/C44H76N9O6P/c1-8-9-10-11-12-13-14-15-16-17-18-19-20-21-26-52(37-23-28-54-29-24-37)56-31-44-30-55-39(40(44)59-60(57-27-22-25-45)53(35(2)3)36(4)5)43(58-44)51-34-48-38-41(49-33-50(6)7)46-32-47-42(38)51/h32-37,39-40,43H,8-24,26-31H2,1-7H3/t39?,40?,43-,44-,60?/m1/s1. The first-order valence-electron chi connectivity index (χ1n) is 23.1. The molecule has 0 N–H and O–H groups in total. The summed E-state index contributed by atoms with van der Waals surface area (Å²) in [6.07, 6.45) is 23.9. The summed E-state index contributed by atoms with van der Waals surface area (Å²) in [5, 5.41) is 11.6. The van der Waals surface area contributed by atoms with Gasteiger partial charge in [0.05, 0.1) is 38.4 Å². The van der Waals surface area contributed by atoms with Crippen molar-refractivity contribution in [2.75, 3.05) is 53.7 Å². The highest BCUT2D eigenvalue weighted by Crippen LogP contribution is 2.55. The molecule has 2 aromatic rings. The number of fused-ring (bicyclic) bond motifs is 3. The molecule has 3 unspecified atom stereocenters. The Morgan fingerprint density at radius 1 is 0.950 bits per heavy atom. The highest BCUT2D eigenvalue weighted by molar-refractivity contribution is 7.44. The van der Waals surface area contributed by atoms with Crippen molar-refractivity contribution in [3.05, 3.63) is 12.7 Å². The maximum atomic E-state index is 9.39. The number of unbranched alkanes of at least 4 members (excludes halogenated alkanes) is 13. The van der Waals surface area contributed by atoms with E-state index in [0.29, 0.717) is 23.6 Å². The fourth-order valence-corrected chi connectivity index (χ4v) is 10.3. The second-order valence-electron chi connectivity index (χ2n) is 17.5. The Kier molecular flexibility index (Phi) is 20.8. The third kappa shape index (κ3) is 13.8. The molecule has 0 saturated carbocycles. The van der Waals surface area contributed by atoms with Gasteiger partial charge in [-0.2, -0.15) is 10.3 Å². The maximum Gasteiger partial charge on any atom is 0.259 e. The number of nitrogens with zero attached hydrogens (tertiary/aromatic N) is 9. The molecule has 338 valence electrons. The molecule has 0 radical (unpaired) electrons. The molecule has 3 saturated heterocycles. The van der Waals surface area contributed by atoms with E-state index < -0.39 is 32.6 Å². The van der Waals surface area contributed by atoms with Crippen molar-refractivity contribution in [1.29, 1.82) is 5.26 Å². The monoisotopic (exact) mass is 858 g/mol. The Morgan fingerprint density at radius 2 is 1.60 bits per heavy atom. The van der Waals surface area contributed by atoms with Crippen LogP contribution < -0.4 is 0 Å². The quantitative estimate of drug-likeness (QED) is 0.0242. The Balaban J connectivity index is 1.29. The van der Waals surface area contributed by atoms with Gasteiger partial charge in [-0.1, -0.05) is 90.4 Å². The molecule has 3 aliphatic heterocycles. The third-order valence-corrected chi connectivity index (χ3v) is 13.8. The molecule has 0 aromatic carbocycles. The average molecular weight is 858 g/mol. The summed E-state index contributed by atoms with van der Waals surface area (Å²) >= 11 is 0. The van der Waals surface area contributed by atoms with Crippen molar-refractivity contribution in [1.82, 2.24) is 34.2 Å². The lowest BCUT2D eigenvalue weighted by atomic mass is 10.0. The topological polar surface area (TPSA) is 145 Å². The SMILES string of the molecule is CCCCCCCCCCCCCCCCN(OC[C@]12COC(C1OP(OCCC#N)N(C(C)C)C(C)C)[C@H](n1cnc3c(N=CN(C)C)ncnc31)O2)C1CCOCC1. The van der Waals surface area contributed by atoms with Crippen LogP contribution in [0.4, 0.5) is 5.82 Å². The molecule has 16 heteroatoms. The van der Waals surface area contributed by atoms with E-state index in [4.69, 9.17) is 33.1 Å². The predicted molar refractivity (Wildman–Crippen MR) is 237 cm³/mol. The number of rotatable bonds is 30. The summed E-state index contributed by atoms with van der Waals surface area (Å²) in [4.78, 5) is 27.0. The van der Waals surface area contributed by atoms with Gasteiger partial charge in [-0.25, -0.2) is 24.6 Å². The molecule has 2 aromatic heterocycles. The smallest absolute Gasteiger partial charge is 0.259 e. The summed E-state index contributed by atoms with van der Waals surface area (Å²) in [5.41, 5.74) is 0.200. The zero-order valence-electron chi connectivity index (χ0n) is 37.9. The molecule has 5 atom stereocenters. The van der Waals surface area contributed by atoms with Crippen molar-refractivity contribution in [2.45, 2.75) is 186 Å². The zero-order valence-corrected chi connectivity index (χ0v) is 38.8. The Bertz CT molecular complexity index is 1580. The van der Waals surface area contributed by atoms with Crippen molar-refractivity contribution in [3.8, 4) is 6.07 Å². The number of hydrogen-bond donors (Lipinski definition) is 0. The van der Waals surface area contributed by atoms with E-state index in [0.717, 1.165) is 39.0 Å². The highest BCUT2D eigenvalue weighted by Gasteiger charge is 2.65. The number of nitriles is 1. The summed E-state index contributed by atoms with van der Waals surface area (Å²) in [6, 6.07) is 2.73. The number of aliphatic imine (C=N–C) groups is 1. The fraction of sp³-hybridized carbons (Fsp3) is 0.841. The minimum absolute atomic E-state index is 0.131. The van der Waals surface area contributed by atoms with E-state index in [-0.39, 0.29) is 37.8 Å². The molecule has 3 fully saturated rings. The van der Waals surface area contributed by atoms with Gasteiger partial charge in [-0.05, 0) is 47.0 Å². The molecule has 0 aliphatic carbocycles. The lowest BCUT2D eigenvalue weighted by Gasteiger charge is -2.39. The van der Waals surface area contributed by atoms with E-state index in [1.807, 2.05) is 23.6 Å². The van der Waals surface area contributed by atoms with Crippen LogP contribution in [-0.4, -0.2) is 130 Å². The van der Waals surface area contributed by atoms with Crippen LogP contribution in [-0.2, 0) is 28.1 Å². The van der Waals surface area contributed by atoms with Crippen LogP contribution >= 0.6 is 8.53 Å². The highest BCUT2D eigenvalue weighted by atomic mass is 31.2. The summed E-state index contributed by atoms with van der Waals surface area (Å²) in [6.45, 7) is 13.9. The summed E-state index contributed by atoms with van der Waals surface area (Å²) in [7, 11) is 2.21. The first kappa shape index (κ1) is 48.6. The van der Waals surface area contributed by atoms with Crippen LogP contribution in [0.25, 0.3) is 11.2 Å². The number of hydroxylamine groups is 2. The summed E-state index contributed by atoms with van der Waals surface area (Å²) in [5.74, 6) is 0.469. The zero-order chi connectivity index (χ0) is 42.7. The van der Waals surface area contributed by atoms with Crippen LogP contribution in [0.15, 0.2) is 17.6 Å². The van der Waals surface area contributed by atoms with E-state index in [2.05, 4.69) is 65.4 Å². The van der Waals surface area contributed by atoms with E-state index in [1.54, 1.807) is 12.7 Å². The third-order valence-electron chi connectivity index (χ3n) is 11.7. The largest absolute Gasteiger partial charge is 0.381 e. The predicted octanol–water partition coefficient (Wildman–Crippen LogP) is 9.27. The second-order valence-corrected chi connectivity index (χ2v) is 18.9. The van der Waals surface area contributed by atoms with Crippen molar-refractivity contribution in [2.24, 2.45) is 4.99 Å². The van der Waals surface area contributed by atoms with Gasteiger partial charge in [0.25, 0.3) is 8.53 Å². The van der Waals surface area contributed by atoms with Crippen molar-refractivity contribution in [3.63, 3.8) is 0 Å². The van der Waals surface area contributed by atoms with Gasteiger partial charge >= 0.3 is 0 Å². The van der Waals surface area contributed by atoms with Crippen LogP contribution in [0.5, 0.6) is 0 Å². The molecule has 2 bridgehead atoms. The lowest BCUT2D eigenvalue weighted by molar-refractivity contribution is -0.260. The first-order valence-corrected chi connectivity index (χ1v) is 24.2. The number of ether oxygens (including phenoxy) is 3. The molecule has 5 heterocycles. The van der Waals surface area contributed by atoms with E-state index in [9.17, 15) is 5.26 Å². The van der Waals surface area contributed by atoms with Crippen molar-refractivity contribution >= 4 is 31.8 Å². The minimum Gasteiger partial charge on any atom is -0.381 e. The molecule has 0 amide bonds. The number of imidazole rings is 1. The molecule has 0 spiro atoms. The van der Waals surface area contributed by atoms with Crippen LogP contribution in [0.2, 0.25) is 0 Å². The van der Waals surface area contributed by atoms with Crippen LogP contribution in [0, 0.1) is 11.3 Å². The van der Waals surface area contributed by atoms with Gasteiger partial charge in [-0.15, -0.1) is 0 Å².